The molecule has 5 aliphatic rings. The highest BCUT2D eigenvalue weighted by Crippen LogP contribution is 2.54. The highest BCUT2D eigenvalue weighted by atomic mass is 16.6. The Balaban J connectivity index is 1.42. The van der Waals surface area contributed by atoms with Gasteiger partial charge in [-0.25, -0.2) is 0 Å². The minimum atomic E-state index is 0.441. The number of hydrogen-bond donors (Lipinski definition) is 2. The van der Waals surface area contributed by atoms with Gasteiger partial charge >= 0.3 is 0 Å². The number of rotatable bonds is 10. The lowest BCUT2D eigenvalue weighted by molar-refractivity contribution is -0.0389. The Hall–Kier alpha value is -0.240. The molecule has 5 fully saturated rings. The molecule has 0 bridgehead atoms. The van der Waals surface area contributed by atoms with E-state index in [1.54, 1.807) is 0 Å². The molecular formula is C20H34N2O4. The average Bonchev–Trinajstić information content (AvgIpc) is 3.43. The molecule has 148 valence electrons. The van der Waals surface area contributed by atoms with Crippen molar-refractivity contribution in [1.29, 1.82) is 0 Å². The second kappa shape index (κ2) is 7.30. The summed E-state index contributed by atoms with van der Waals surface area (Å²) < 4.78 is 22.5. The van der Waals surface area contributed by atoms with Gasteiger partial charge in [0, 0.05) is 0 Å². The fourth-order valence-electron chi connectivity index (χ4n) is 6.03. The average molecular weight is 367 g/mol. The summed E-state index contributed by atoms with van der Waals surface area (Å²) in [4.78, 5) is 0. The molecule has 0 aromatic rings. The molecule has 8 unspecified atom stereocenters. The normalized spacial score (nSPS) is 51.9. The summed E-state index contributed by atoms with van der Waals surface area (Å²) in [6, 6.07) is 0. The van der Waals surface area contributed by atoms with Crippen LogP contribution in [0.1, 0.15) is 25.7 Å². The van der Waals surface area contributed by atoms with Crippen molar-refractivity contribution in [2.45, 2.75) is 50.1 Å². The first-order chi connectivity index (χ1) is 12.8. The van der Waals surface area contributed by atoms with E-state index in [2.05, 4.69) is 0 Å². The summed E-state index contributed by atoms with van der Waals surface area (Å²) in [5.41, 5.74) is 12.8. The van der Waals surface area contributed by atoms with Crippen LogP contribution in [0.25, 0.3) is 0 Å². The topological polar surface area (TPSA) is 102 Å². The maximum atomic E-state index is 6.41. The second-order valence-corrected chi connectivity index (χ2v) is 9.22. The Morgan fingerprint density at radius 1 is 0.462 bits per heavy atom. The minimum absolute atomic E-state index is 0.441. The van der Waals surface area contributed by atoms with Crippen LogP contribution >= 0.6 is 0 Å². The van der Waals surface area contributed by atoms with E-state index in [0.29, 0.717) is 59.9 Å². The summed E-state index contributed by atoms with van der Waals surface area (Å²) >= 11 is 0. The third-order valence-corrected chi connectivity index (χ3v) is 7.59. The van der Waals surface area contributed by atoms with E-state index in [1.165, 1.54) is 0 Å². The van der Waals surface area contributed by atoms with E-state index in [4.69, 9.17) is 30.4 Å². The first kappa shape index (κ1) is 17.8. The van der Waals surface area contributed by atoms with Gasteiger partial charge in [-0.3, -0.25) is 0 Å². The van der Waals surface area contributed by atoms with E-state index in [1.807, 2.05) is 0 Å². The van der Waals surface area contributed by atoms with E-state index in [9.17, 15) is 0 Å². The molecule has 4 N–H and O–H groups in total. The van der Waals surface area contributed by atoms with E-state index >= 15 is 0 Å². The summed E-state index contributed by atoms with van der Waals surface area (Å²) in [7, 11) is 0. The Bertz CT molecular complexity index is 406. The predicted molar refractivity (Wildman–Crippen MR) is 96.5 cm³/mol. The zero-order valence-corrected chi connectivity index (χ0v) is 15.6. The van der Waals surface area contributed by atoms with Gasteiger partial charge in [-0.15, -0.1) is 0 Å². The molecule has 0 radical (unpaired) electrons. The largest absolute Gasteiger partial charge is 0.373 e. The van der Waals surface area contributed by atoms with Gasteiger partial charge in [-0.2, -0.15) is 0 Å². The van der Waals surface area contributed by atoms with Crippen molar-refractivity contribution in [3.8, 4) is 0 Å². The van der Waals surface area contributed by atoms with E-state index < -0.39 is 0 Å². The molecule has 5 rings (SSSR count). The predicted octanol–water partition coefficient (Wildman–Crippen LogP) is 0.770. The van der Waals surface area contributed by atoms with Crippen molar-refractivity contribution >= 4 is 0 Å². The zero-order chi connectivity index (χ0) is 17.7. The molecule has 4 heterocycles. The van der Waals surface area contributed by atoms with Gasteiger partial charge in [0.25, 0.3) is 0 Å². The number of ether oxygens (including phenoxy) is 4. The smallest absolute Gasteiger partial charge is 0.0812 e. The molecule has 0 spiro atoms. The molecule has 0 aromatic heterocycles. The lowest BCUT2D eigenvalue weighted by Gasteiger charge is -2.52. The Kier molecular flexibility index (Phi) is 5.01. The zero-order valence-electron chi connectivity index (χ0n) is 15.6. The molecule has 1 aliphatic carbocycles. The van der Waals surface area contributed by atoms with Crippen LogP contribution in [-0.2, 0) is 18.9 Å². The van der Waals surface area contributed by atoms with Crippen LogP contribution in [-0.4, -0.2) is 63.9 Å². The molecule has 0 amide bonds. The molecule has 8 atom stereocenters. The van der Waals surface area contributed by atoms with E-state index in [-0.39, 0.29) is 0 Å². The lowest BCUT2D eigenvalue weighted by Crippen LogP contribution is -2.52. The van der Waals surface area contributed by atoms with Gasteiger partial charge in [0.2, 0.25) is 0 Å². The quantitative estimate of drug-likeness (QED) is 0.554. The molecule has 0 aromatic carbocycles. The summed E-state index contributed by atoms with van der Waals surface area (Å²) in [6.07, 6.45) is 6.34. The fourth-order valence-corrected chi connectivity index (χ4v) is 6.03. The summed E-state index contributed by atoms with van der Waals surface area (Å²) in [6.45, 7) is 5.20. The van der Waals surface area contributed by atoms with Crippen LogP contribution in [0.2, 0.25) is 0 Å². The van der Waals surface area contributed by atoms with Crippen LogP contribution in [0, 0.1) is 35.5 Å². The molecule has 6 nitrogen and oxygen atoms in total. The maximum absolute atomic E-state index is 6.41. The fraction of sp³-hybridized carbons (Fsp3) is 1.00. The van der Waals surface area contributed by atoms with Crippen LogP contribution in [0.3, 0.4) is 0 Å². The first-order valence-electron chi connectivity index (χ1n) is 10.6. The van der Waals surface area contributed by atoms with Gasteiger partial charge in [0.15, 0.2) is 0 Å². The van der Waals surface area contributed by atoms with Gasteiger partial charge < -0.3 is 30.4 Å². The number of epoxide rings is 4. The van der Waals surface area contributed by atoms with Crippen molar-refractivity contribution < 1.29 is 18.9 Å². The Labute approximate surface area is 156 Å². The maximum Gasteiger partial charge on any atom is 0.0812 e. The molecule has 26 heavy (non-hydrogen) atoms. The van der Waals surface area contributed by atoms with Crippen LogP contribution in [0.5, 0.6) is 0 Å². The molecule has 4 aliphatic heterocycles. The second-order valence-electron chi connectivity index (χ2n) is 9.22. The minimum Gasteiger partial charge on any atom is -0.373 e. The van der Waals surface area contributed by atoms with Gasteiger partial charge in [-0.05, 0) is 74.3 Å². The molecule has 1 saturated carbocycles. The van der Waals surface area contributed by atoms with Crippen molar-refractivity contribution in [3.63, 3.8) is 0 Å². The van der Waals surface area contributed by atoms with Crippen molar-refractivity contribution in [2.24, 2.45) is 47.0 Å². The third-order valence-electron chi connectivity index (χ3n) is 7.59. The number of nitrogens with two attached hydrogens (primary N) is 2. The number of hydrogen-bond acceptors (Lipinski definition) is 6. The molecule has 4 saturated heterocycles. The van der Waals surface area contributed by atoms with Crippen LogP contribution in [0.15, 0.2) is 0 Å². The van der Waals surface area contributed by atoms with Gasteiger partial charge in [0.1, 0.15) is 0 Å². The lowest BCUT2D eigenvalue weighted by atomic mass is 9.53. The van der Waals surface area contributed by atoms with Crippen molar-refractivity contribution in [2.75, 3.05) is 39.5 Å². The molecule has 6 heteroatoms. The van der Waals surface area contributed by atoms with Gasteiger partial charge in [-0.1, -0.05) is 0 Å². The molecular weight excluding hydrogens is 332 g/mol. The van der Waals surface area contributed by atoms with Crippen LogP contribution in [0.4, 0.5) is 0 Å². The van der Waals surface area contributed by atoms with Crippen molar-refractivity contribution in [3.05, 3.63) is 0 Å². The third kappa shape index (κ3) is 3.96. The van der Waals surface area contributed by atoms with Crippen LogP contribution < -0.4 is 11.5 Å². The first-order valence-corrected chi connectivity index (χ1v) is 10.6. The van der Waals surface area contributed by atoms with Gasteiger partial charge in [0.05, 0.1) is 50.8 Å². The monoisotopic (exact) mass is 366 g/mol. The van der Waals surface area contributed by atoms with E-state index in [0.717, 1.165) is 65.2 Å². The highest BCUT2D eigenvalue weighted by molar-refractivity contribution is 5.02. The SMILES string of the molecule is NCC1C(CC2CO2)C(CC2CO2)C(CN)C(CC2CO2)C1CC1CO1. The Morgan fingerprint density at radius 3 is 0.846 bits per heavy atom. The summed E-state index contributed by atoms with van der Waals surface area (Å²) in [5, 5.41) is 0. The van der Waals surface area contributed by atoms with Crippen molar-refractivity contribution in [1.82, 2.24) is 0 Å². The standard InChI is InChI=1S/C20H34N2O4/c21-5-19-15(1-11-7-23-11)16(2-12-8-24-12)20(6-22)18(4-14-10-26-14)17(19)3-13-9-25-13/h11-20H,1-10,21-22H2. The highest BCUT2D eigenvalue weighted by Gasteiger charge is 2.53. The Morgan fingerprint density at radius 2 is 0.692 bits per heavy atom. The summed E-state index contributed by atoms with van der Waals surface area (Å²) in [5.74, 6) is 3.49.